The Hall–Kier alpha value is -0.600. The highest BCUT2D eigenvalue weighted by atomic mass is 16.5. The standard InChI is InChI=1S/C4H6O4/c5-3(6)1-2-4(7)8/h3-8H. The fourth-order valence-corrected chi connectivity index (χ4v) is 0.149. The van der Waals surface area contributed by atoms with Crippen LogP contribution in [0.4, 0.5) is 0 Å². The van der Waals surface area contributed by atoms with Crippen molar-refractivity contribution < 1.29 is 20.4 Å². The largest absolute Gasteiger partial charge is 0.358 e. The third kappa shape index (κ3) is 5.40. The van der Waals surface area contributed by atoms with Gasteiger partial charge in [-0.15, -0.1) is 0 Å². The molecule has 0 saturated heterocycles. The van der Waals surface area contributed by atoms with Gasteiger partial charge >= 0.3 is 0 Å². The zero-order valence-electron chi connectivity index (χ0n) is 3.94. The van der Waals surface area contributed by atoms with Gasteiger partial charge in [0.05, 0.1) is 0 Å². The van der Waals surface area contributed by atoms with Gasteiger partial charge in [-0.1, -0.05) is 0 Å². The molecule has 0 aromatic rings. The highest BCUT2D eigenvalue weighted by molar-refractivity contribution is 5.02. The Morgan fingerprint density at radius 3 is 1.12 bits per heavy atom. The van der Waals surface area contributed by atoms with Crippen LogP contribution in [0, 0.1) is 11.8 Å². The zero-order chi connectivity index (χ0) is 6.57. The van der Waals surface area contributed by atoms with E-state index in [1.807, 2.05) is 0 Å². The molecule has 46 valence electrons. The van der Waals surface area contributed by atoms with Gasteiger partial charge in [-0.25, -0.2) is 0 Å². The first-order valence-electron chi connectivity index (χ1n) is 1.86. The summed E-state index contributed by atoms with van der Waals surface area (Å²) in [4.78, 5) is 0. The van der Waals surface area contributed by atoms with Crippen molar-refractivity contribution in [2.75, 3.05) is 0 Å². The number of aliphatic hydroxyl groups is 4. The van der Waals surface area contributed by atoms with Gasteiger partial charge < -0.3 is 20.4 Å². The van der Waals surface area contributed by atoms with Gasteiger partial charge in [0.25, 0.3) is 0 Å². The van der Waals surface area contributed by atoms with Crippen LogP contribution >= 0.6 is 0 Å². The maximum Gasteiger partial charge on any atom is 0.217 e. The van der Waals surface area contributed by atoms with Crippen LogP contribution in [-0.4, -0.2) is 33.0 Å². The monoisotopic (exact) mass is 118 g/mol. The van der Waals surface area contributed by atoms with E-state index in [9.17, 15) is 0 Å². The molecule has 4 N–H and O–H groups in total. The van der Waals surface area contributed by atoms with E-state index < -0.39 is 12.6 Å². The number of rotatable bonds is 0. The van der Waals surface area contributed by atoms with E-state index in [4.69, 9.17) is 20.4 Å². The van der Waals surface area contributed by atoms with E-state index in [2.05, 4.69) is 0 Å². The van der Waals surface area contributed by atoms with E-state index in [1.54, 1.807) is 11.8 Å². The van der Waals surface area contributed by atoms with Gasteiger partial charge in [-0.05, 0) is 11.8 Å². The zero-order valence-corrected chi connectivity index (χ0v) is 3.94. The Labute approximate surface area is 46.0 Å². The highest BCUT2D eigenvalue weighted by Crippen LogP contribution is 1.70. The number of hydrogen-bond acceptors (Lipinski definition) is 4. The molecule has 0 fully saturated rings. The highest BCUT2D eigenvalue weighted by Gasteiger charge is 1.87. The van der Waals surface area contributed by atoms with Crippen LogP contribution < -0.4 is 0 Å². The Balaban J connectivity index is 3.50. The number of hydrogen-bond donors (Lipinski definition) is 4. The van der Waals surface area contributed by atoms with Crippen LogP contribution in [-0.2, 0) is 0 Å². The van der Waals surface area contributed by atoms with Crippen LogP contribution in [0.5, 0.6) is 0 Å². The Bertz CT molecular complexity index is 94.9. The molecule has 0 aromatic heterocycles. The normalized spacial score (nSPS) is 9.25. The maximum atomic E-state index is 7.96. The minimum Gasteiger partial charge on any atom is -0.358 e. The van der Waals surface area contributed by atoms with Gasteiger partial charge in [0.2, 0.25) is 12.6 Å². The van der Waals surface area contributed by atoms with Gasteiger partial charge in [-0.2, -0.15) is 0 Å². The van der Waals surface area contributed by atoms with Crippen LogP contribution in [0.1, 0.15) is 0 Å². The van der Waals surface area contributed by atoms with Gasteiger partial charge in [0, 0.05) is 0 Å². The molecule has 0 aromatic carbocycles. The topological polar surface area (TPSA) is 80.9 Å². The summed E-state index contributed by atoms with van der Waals surface area (Å²) in [7, 11) is 0. The van der Waals surface area contributed by atoms with E-state index in [0.29, 0.717) is 0 Å². The van der Waals surface area contributed by atoms with Gasteiger partial charge in [0.15, 0.2) is 0 Å². The van der Waals surface area contributed by atoms with Crippen LogP contribution in [0.15, 0.2) is 0 Å². The van der Waals surface area contributed by atoms with E-state index in [-0.39, 0.29) is 0 Å². The second kappa shape index (κ2) is 3.41. The summed E-state index contributed by atoms with van der Waals surface area (Å²) in [6.07, 6.45) is -3.59. The second-order valence-electron chi connectivity index (χ2n) is 1.04. The predicted molar refractivity (Wildman–Crippen MR) is 24.2 cm³/mol. The molecule has 0 amide bonds. The first kappa shape index (κ1) is 7.40. The molecule has 0 aliphatic rings. The molecule has 0 aliphatic carbocycles. The third-order valence-electron chi connectivity index (χ3n) is 0.342. The third-order valence-corrected chi connectivity index (χ3v) is 0.342. The molecule has 0 radical (unpaired) electrons. The Morgan fingerprint density at radius 1 is 0.750 bits per heavy atom. The van der Waals surface area contributed by atoms with Crippen molar-refractivity contribution in [3.63, 3.8) is 0 Å². The summed E-state index contributed by atoms with van der Waals surface area (Å²) in [6, 6.07) is 0. The molecule has 4 heteroatoms. The molecule has 0 bridgehead atoms. The van der Waals surface area contributed by atoms with Crippen molar-refractivity contribution in [3.05, 3.63) is 0 Å². The minimum atomic E-state index is -1.79. The fourth-order valence-electron chi connectivity index (χ4n) is 0.149. The lowest BCUT2D eigenvalue weighted by Gasteiger charge is -1.88. The average molecular weight is 118 g/mol. The van der Waals surface area contributed by atoms with Gasteiger partial charge in [0.1, 0.15) is 0 Å². The molecule has 0 heterocycles. The summed E-state index contributed by atoms with van der Waals surface area (Å²) >= 11 is 0. The molecule has 0 saturated carbocycles. The summed E-state index contributed by atoms with van der Waals surface area (Å²) in [5.74, 6) is 3.41. The molecule has 0 aliphatic heterocycles. The lowest BCUT2D eigenvalue weighted by Crippen LogP contribution is -2.03. The molecular weight excluding hydrogens is 112 g/mol. The SMILES string of the molecule is OC(O)C#CC(O)O. The van der Waals surface area contributed by atoms with Crippen molar-refractivity contribution >= 4 is 0 Å². The Morgan fingerprint density at radius 2 is 1.00 bits per heavy atom. The van der Waals surface area contributed by atoms with E-state index >= 15 is 0 Å². The summed E-state index contributed by atoms with van der Waals surface area (Å²) < 4.78 is 0. The summed E-state index contributed by atoms with van der Waals surface area (Å²) in [5, 5.41) is 31.8. The minimum absolute atomic E-state index is 1.71. The van der Waals surface area contributed by atoms with Crippen LogP contribution in [0.3, 0.4) is 0 Å². The average Bonchev–Trinajstić information content (AvgIpc) is 1.61. The molecule has 0 rings (SSSR count). The van der Waals surface area contributed by atoms with Crippen molar-refractivity contribution in [3.8, 4) is 11.8 Å². The lowest BCUT2D eigenvalue weighted by atomic mass is 10.5. The van der Waals surface area contributed by atoms with Crippen molar-refractivity contribution in [2.24, 2.45) is 0 Å². The lowest BCUT2D eigenvalue weighted by molar-refractivity contribution is 0.000664. The molecular formula is C4H6O4. The molecule has 4 nitrogen and oxygen atoms in total. The molecule has 0 spiro atoms. The fraction of sp³-hybridized carbons (Fsp3) is 0.500. The van der Waals surface area contributed by atoms with Gasteiger partial charge in [-0.3, -0.25) is 0 Å². The van der Waals surface area contributed by atoms with Crippen LogP contribution in [0.2, 0.25) is 0 Å². The maximum absolute atomic E-state index is 7.96. The summed E-state index contributed by atoms with van der Waals surface area (Å²) in [5.41, 5.74) is 0. The predicted octanol–water partition coefficient (Wildman–Crippen LogP) is -2.39. The van der Waals surface area contributed by atoms with Crippen molar-refractivity contribution in [1.29, 1.82) is 0 Å². The van der Waals surface area contributed by atoms with E-state index in [1.165, 1.54) is 0 Å². The quantitative estimate of drug-likeness (QED) is 0.211. The smallest absolute Gasteiger partial charge is 0.217 e. The van der Waals surface area contributed by atoms with Crippen molar-refractivity contribution in [1.82, 2.24) is 0 Å². The first-order valence-corrected chi connectivity index (χ1v) is 1.86. The van der Waals surface area contributed by atoms with Crippen LogP contribution in [0.25, 0.3) is 0 Å². The second-order valence-corrected chi connectivity index (χ2v) is 1.04. The van der Waals surface area contributed by atoms with E-state index in [0.717, 1.165) is 0 Å². The molecule has 0 unspecified atom stereocenters. The van der Waals surface area contributed by atoms with Crippen molar-refractivity contribution in [2.45, 2.75) is 12.6 Å². The summed E-state index contributed by atoms with van der Waals surface area (Å²) in [6.45, 7) is 0. The molecule has 8 heavy (non-hydrogen) atoms. The number of aliphatic hydroxyl groups excluding tert-OH is 2. The Kier molecular flexibility index (Phi) is 3.15. The first-order chi connectivity index (χ1) is 3.63. The molecule has 0 atom stereocenters.